The number of hydrogen-bond acceptors (Lipinski definition) is 1. The van der Waals surface area contributed by atoms with Crippen LogP contribution in [-0.2, 0) is 0 Å². The van der Waals surface area contributed by atoms with Crippen molar-refractivity contribution >= 4 is 23.2 Å². The van der Waals surface area contributed by atoms with E-state index in [9.17, 15) is 0 Å². The highest BCUT2D eigenvalue weighted by atomic mass is 35.5. The quantitative estimate of drug-likeness (QED) is 0.744. The zero-order valence-electron chi connectivity index (χ0n) is 10.0. The van der Waals surface area contributed by atoms with Crippen LogP contribution >= 0.6 is 23.2 Å². The third-order valence-corrected chi connectivity index (χ3v) is 4.15. The highest BCUT2D eigenvalue weighted by Gasteiger charge is 2.21. The van der Waals surface area contributed by atoms with Crippen molar-refractivity contribution in [3.05, 3.63) is 34.9 Å². The Labute approximate surface area is 114 Å². The van der Waals surface area contributed by atoms with E-state index in [1.807, 2.05) is 12.1 Å². The summed E-state index contributed by atoms with van der Waals surface area (Å²) in [5.74, 6) is 1.40. The van der Waals surface area contributed by atoms with Crippen molar-refractivity contribution in [1.29, 1.82) is 0 Å². The van der Waals surface area contributed by atoms with Crippen LogP contribution in [0.5, 0.6) is 0 Å². The largest absolute Gasteiger partial charge is 0.303 e. The van der Waals surface area contributed by atoms with Gasteiger partial charge in [-0.05, 0) is 56.4 Å². The first-order valence-electron chi connectivity index (χ1n) is 6.34. The summed E-state index contributed by atoms with van der Waals surface area (Å²) in [5, 5.41) is 0.923. The number of benzene rings is 1. The van der Waals surface area contributed by atoms with Gasteiger partial charge < -0.3 is 4.90 Å². The van der Waals surface area contributed by atoms with Crippen molar-refractivity contribution in [3.8, 4) is 0 Å². The topological polar surface area (TPSA) is 3.24 Å². The Morgan fingerprint density at radius 1 is 1.18 bits per heavy atom. The van der Waals surface area contributed by atoms with E-state index in [0.29, 0.717) is 5.92 Å². The van der Waals surface area contributed by atoms with E-state index in [-0.39, 0.29) is 0 Å². The van der Waals surface area contributed by atoms with Gasteiger partial charge in [0.25, 0.3) is 0 Å². The van der Waals surface area contributed by atoms with Gasteiger partial charge in [0.1, 0.15) is 0 Å². The van der Waals surface area contributed by atoms with Crippen LogP contribution in [-0.4, -0.2) is 30.4 Å². The van der Waals surface area contributed by atoms with Crippen LogP contribution in [0, 0.1) is 0 Å². The molecular formula is C14H19Cl2N. The third-order valence-electron chi connectivity index (χ3n) is 3.54. The minimum absolute atomic E-state index is 0.635. The van der Waals surface area contributed by atoms with Gasteiger partial charge in [0.15, 0.2) is 0 Å². The maximum atomic E-state index is 6.25. The van der Waals surface area contributed by atoms with Crippen molar-refractivity contribution in [3.63, 3.8) is 0 Å². The number of piperidine rings is 1. The summed E-state index contributed by atoms with van der Waals surface area (Å²) < 4.78 is 0. The SMILES string of the molecule is ClCCCN1CCC(c2ccccc2Cl)CC1. The summed E-state index contributed by atoms with van der Waals surface area (Å²) in [5.41, 5.74) is 1.33. The van der Waals surface area contributed by atoms with E-state index >= 15 is 0 Å². The summed E-state index contributed by atoms with van der Waals surface area (Å²) in [6, 6.07) is 8.25. The smallest absolute Gasteiger partial charge is 0.0440 e. The van der Waals surface area contributed by atoms with Crippen LogP contribution in [0.2, 0.25) is 5.02 Å². The summed E-state index contributed by atoms with van der Waals surface area (Å²) >= 11 is 12.0. The first kappa shape index (κ1) is 13.2. The van der Waals surface area contributed by atoms with Crippen molar-refractivity contribution in [2.75, 3.05) is 25.5 Å². The van der Waals surface area contributed by atoms with Gasteiger partial charge >= 0.3 is 0 Å². The van der Waals surface area contributed by atoms with E-state index in [0.717, 1.165) is 23.9 Å². The molecule has 1 fully saturated rings. The third kappa shape index (κ3) is 3.61. The van der Waals surface area contributed by atoms with Gasteiger partial charge in [-0.1, -0.05) is 29.8 Å². The molecule has 94 valence electrons. The number of alkyl halides is 1. The molecule has 0 saturated carbocycles. The van der Waals surface area contributed by atoms with E-state index in [1.165, 1.54) is 31.5 Å². The lowest BCUT2D eigenvalue weighted by Crippen LogP contribution is -2.33. The first-order valence-corrected chi connectivity index (χ1v) is 7.25. The van der Waals surface area contributed by atoms with Gasteiger partial charge in [0.2, 0.25) is 0 Å². The van der Waals surface area contributed by atoms with E-state index in [1.54, 1.807) is 0 Å². The Balaban J connectivity index is 1.89. The maximum Gasteiger partial charge on any atom is 0.0440 e. The van der Waals surface area contributed by atoms with Gasteiger partial charge in [-0.2, -0.15) is 0 Å². The molecule has 0 spiro atoms. The Bertz CT molecular complexity index is 346. The molecule has 0 unspecified atom stereocenters. The first-order chi connectivity index (χ1) is 8.31. The molecule has 0 amide bonds. The van der Waals surface area contributed by atoms with E-state index in [2.05, 4.69) is 17.0 Å². The summed E-state index contributed by atoms with van der Waals surface area (Å²) in [6.07, 6.45) is 3.52. The lowest BCUT2D eigenvalue weighted by Gasteiger charge is -2.32. The second kappa shape index (κ2) is 6.63. The van der Waals surface area contributed by atoms with Gasteiger partial charge in [-0.15, -0.1) is 11.6 Å². The Kier molecular flexibility index (Phi) is 5.15. The molecule has 1 aliphatic rings. The molecule has 3 heteroatoms. The van der Waals surface area contributed by atoms with Crippen molar-refractivity contribution < 1.29 is 0 Å². The molecule has 1 heterocycles. The van der Waals surface area contributed by atoms with E-state index < -0.39 is 0 Å². The molecule has 0 aliphatic carbocycles. The number of hydrogen-bond donors (Lipinski definition) is 0. The monoisotopic (exact) mass is 271 g/mol. The highest BCUT2D eigenvalue weighted by molar-refractivity contribution is 6.31. The fraction of sp³-hybridized carbons (Fsp3) is 0.571. The van der Waals surface area contributed by atoms with Crippen molar-refractivity contribution in [2.24, 2.45) is 0 Å². The molecule has 2 rings (SSSR count). The van der Waals surface area contributed by atoms with Gasteiger partial charge in [-0.25, -0.2) is 0 Å². The minimum atomic E-state index is 0.635. The number of rotatable bonds is 4. The average Bonchev–Trinajstić information content (AvgIpc) is 2.38. The Morgan fingerprint density at radius 3 is 2.53 bits per heavy atom. The highest BCUT2D eigenvalue weighted by Crippen LogP contribution is 2.32. The number of halogens is 2. The van der Waals surface area contributed by atoms with E-state index in [4.69, 9.17) is 23.2 Å². The van der Waals surface area contributed by atoms with Gasteiger partial charge in [-0.3, -0.25) is 0 Å². The second-order valence-electron chi connectivity index (χ2n) is 4.68. The standard InChI is InChI=1S/C14H19Cl2N/c15-8-3-9-17-10-6-12(7-11-17)13-4-1-2-5-14(13)16/h1-2,4-5,12H,3,6-11H2. The van der Waals surface area contributed by atoms with Crippen LogP contribution in [0.25, 0.3) is 0 Å². The fourth-order valence-corrected chi connectivity index (χ4v) is 2.97. The van der Waals surface area contributed by atoms with Gasteiger partial charge in [0, 0.05) is 10.9 Å². The predicted molar refractivity (Wildman–Crippen MR) is 75.2 cm³/mol. The second-order valence-corrected chi connectivity index (χ2v) is 5.47. The number of likely N-dealkylation sites (tertiary alicyclic amines) is 1. The maximum absolute atomic E-state index is 6.25. The van der Waals surface area contributed by atoms with Crippen LogP contribution in [0.15, 0.2) is 24.3 Å². The summed E-state index contributed by atoms with van der Waals surface area (Å²) in [4.78, 5) is 2.51. The zero-order valence-corrected chi connectivity index (χ0v) is 11.6. The summed E-state index contributed by atoms with van der Waals surface area (Å²) in [7, 11) is 0. The Hall–Kier alpha value is -0.240. The molecule has 0 radical (unpaired) electrons. The van der Waals surface area contributed by atoms with Crippen molar-refractivity contribution in [1.82, 2.24) is 4.90 Å². The van der Waals surface area contributed by atoms with Crippen LogP contribution < -0.4 is 0 Å². The predicted octanol–water partition coefficient (Wildman–Crippen LogP) is 4.15. The molecule has 1 saturated heterocycles. The summed E-state index contributed by atoms with van der Waals surface area (Å²) in [6.45, 7) is 3.48. The number of nitrogens with zero attached hydrogens (tertiary/aromatic N) is 1. The molecule has 0 N–H and O–H groups in total. The molecule has 1 aromatic carbocycles. The minimum Gasteiger partial charge on any atom is -0.303 e. The molecule has 1 aliphatic heterocycles. The molecule has 0 bridgehead atoms. The lowest BCUT2D eigenvalue weighted by molar-refractivity contribution is 0.213. The van der Waals surface area contributed by atoms with Gasteiger partial charge in [0.05, 0.1) is 0 Å². The molecule has 0 atom stereocenters. The van der Waals surface area contributed by atoms with Crippen molar-refractivity contribution in [2.45, 2.75) is 25.2 Å². The normalized spacial score (nSPS) is 18.5. The molecular weight excluding hydrogens is 253 g/mol. The van der Waals surface area contributed by atoms with Crippen LogP contribution in [0.4, 0.5) is 0 Å². The van der Waals surface area contributed by atoms with Crippen LogP contribution in [0.3, 0.4) is 0 Å². The lowest BCUT2D eigenvalue weighted by atomic mass is 9.89. The molecule has 1 aromatic rings. The fourth-order valence-electron chi connectivity index (χ4n) is 2.56. The molecule has 0 aromatic heterocycles. The Morgan fingerprint density at radius 2 is 1.88 bits per heavy atom. The molecule has 17 heavy (non-hydrogen) atoms. The van der Waals surface area contributed by atoms with Crippen LogP contribution in [0.1, 0.15) is 30.7 Å². The average molecular weight is 272 g/mol. The molecule has 1 nitrogen and oxygen atoms in total. The zero-order chi connectivity index (χ0) is 12.1.